The molecule has 1 N–H and O–H groups in total. The Morgan fingerprint density at radius 3 is 2.57 bits per heavy atom. The van der Waals surface area contributed by atoms with Crippen LogP contribution in [0.3, 0.4) is 0 Å². The number of aromatic hydroxyl groups is 1. The van der Waals surface area contributed by atoms with Gasteiger partial charge in [0.15, 0.2) is 0 Å². The Morgan fingerprint density at radius 1 is 1.10 bits per heavy atom. The van der Waals surface area contributed by atoms with Gasteiger partial charge in [-0.05, 0) is 29.2 Å². The predicted molar refractivity (Wildman–Crippen MR) is 83.6 cm³/mol. The van der Waals surface area contributed by atoms with Crippen LogP contribution in [0.25, 0.3) is 22.1 Å². The van der Waals surface area contributed by atoms with Gasteiger partial charge in [-0.3, -0.25) is 0 Å². The van der Waals surface area contributed by atoms with Crippen LogP contribution >= 0.6 is 0 Å². The zero-order valence-electron chi connectivity index (χ0n) is 11.8. The van der Waals surface area contributed by atoms with Crippen molar-refractivity contribution in [3.63, 3.8) is 0 Å². The van der Waals surface area contributed by atoms with Crippen molar-refractivity contribution in [3.05, 3.63) is 64.5 Å². The number of phenolic OH excluding ortho intramolecular Hbond substituents is 1. The minimum absolute atomic E-state index is 0.178. The molecule has 0 fully saturated rings. The van der Waals surface area contributed by atoms with E-state index in [9.17, 15) is 9.90 Å². The number of benzene rings is 2. The van der Waals surface area contributed by atoms with Gasteiger partial charge in [-0.1, -0.05) is 43.7 Å². The highest BCUT2D eigenvalue weighted by Gasteiger charge is 2.11. The number of aryl methyl sites for hydroxylation is 1. The second-order valence-electron chi connectivity index (χ2n) is 5.07. The van der Waals surface area contributed by atoms with Crippen LogP contribution in [0.1, 0.15) is 18.9 Å². The lowest BCUT2D eigenvalue weighted by molar-refractivity contribution is 0.465. The Kier molecular flexibility index (Phi) is 3.48. The summed E-state index contributed by atoms with van der Waals surface area (Å²) in [5.74, 6) is 0.178. The number of rotatable bonds is 3. The van der Waals surface area contributed by atoms with Gasteiger partial charge in [-0.25, -0.2) is 4.79 Å². The molecule has 2 aromatic carbocycles. The fourth-order valence-corrected chi connectivity index (χ4v) is 2.57. The molecule has 0 amide bonds. The van der Waals surface area contributed by atoms with Crippen LogP contribution in [0.5, 0.6) is 5.75 Å². The summed E-state index contributed by atoms with van der Waals surface area (Å²) in [5, 5.41) is 10.9. The molecule has 0 aliphatic carbocycles. The normalized spacial score (nSPS) is 10.9. The van der Waals surface area contributed by atoms with Gasteiger partial charge in [0.1, 0.15) is 11.3 Å². The first-order valence-electron chi connectivity index (χ1n) is 7.04. The average molecular weight is 280 g/mol. The molecular formula is C18H16O3. The summed E-state index contributed by atoms with van der Waals surface area (Å²) in [6.07, 6.45) is 1.73. The Hall–Kier alpha value is -2.55. The molecule has 0 radical (unpaired) electrons. The van der Waals surface area contributed by atoms with E-state index in [0.717, 1.165) is 34.9 Å². The molecule has 0 saturated heterocycles. The monoisotopic (exact) mass is 280 g/mol. The zero-order valence-corrected chi connectivity index (χ0v) is 11.8. The van der Waals surface area contributed by atoms with Gasteiger partial charge in [-0.2, -0.15) is 0 Å². The van der Waals surface area contributed by atoms with Gasteiger partial charge in [0, 0.05) is 17.5 Å². The number of hydrogen-bond donors (Lipinski definition) is 1. The van der Waals surface area contributed by atoms with Crippen molar-refractivity contribution in [3.8, 4) is 16.9 Å². The number of hydrogen-bond acceptors (Lipinski definition) is 3. The van der Waals surface area contributed by atoms with E-state index < -0.39 is 5.63 Å². The molecule has 1 aromatic heterocycles. The highest BCUT2D eigenvalue weighted by atomic mass is 16.4. The van der Waals surface area contributed by atoms with Crippen LogP contribution in [0.4, 0.5) is 0 Å². The fraction of sp³-hybridized carbons (Fsp3) is 0.167. The first-order valence-corrected chi connectivity index (χ1v) is 7.04. The highest BCUT2D eigenvalue weighted by molar-refractivity contribution is 5.94. The summed E-state index contributed by atoms with van der Waals surface area (Å²) in [6.45, 7) is 2.06. The molecule has 21 heavy (non-hydrogen) atoms. The van der Waals surface area contributed by atoms with Crippen LogP contribution in [0.2, 0.25) is 0 Å². The maximum absolute atomic E-state index is 11.8. The van der Waals surface area contributed by atoms with Gasteiger partial charge in [-0.15, -0.1) is 0 Å². The first kappa shape index (κ1) is 13.4. The van der Waals surface area contributed by atoms with Gasteiger partial charge in [0.2, 0.25) is 0 Å². The van der Waals surface area contributed by atoms with Crippen LogP contribution in [-0.4, -0.2) is 5.11 Å². The molecule has 3 aromatic rings. The van der Waals surface area contributed by atoms with Crippen molar-refractivity contribution >= 4 is 11.0 Å². The zero-order chi connectivity index (χ0) is 14.8. The molecule has 0 bridgehead atoms. The van der Waals surface area contributed by atoms with Crippen molar-refractivity contribution in [1.29, 1.82) is 0 Å². The van der Waals surface area contributed by atoms with Crippen molar-refractivity contribution in [2.75, 3.05) is 0 Å². The maximum Gasteiger partial charge on any atom is 0.336 e. The predicted octanol–water partition coefficient (Wildman–Crippen LogP) is 4.12. The third-order valence-corrected chi connectivity index (χ3v) is 3.55. The minimum atomic E-state index is -0.413. The Balaban J connectivity index is 2.33. The summed E-state index contributed by atoms with van der Waals surface area (Å²) in [7, 11) is 0. The number of phenols is 1. The molecule has 3 nitrogen and oxygen atoms in total. The minimum Gasteiger partial charge on any atom is -0.508 e. The summed E-state index contributed by atoms with van der Waals surface area (Å²) >= 11 is 0. The largest absolute Gasteiger partial charge is 0.508 e. The van der Waals surface area contributed by atoms with Crippen LogP contribution in [0, 0.1) is 0 Å². The van der Waals surface area contributed by atoms with E-state index in [0.29, 0.717) is 5.58 Å². The van der Waals surface area contributed by atoms with Gasteiger partial charge < -0.3 is 9.52 Å². The molecule has 0 spiro atoms. The third kappa shape index (κ3) is 2.55. The lowest BCUT2D eigenvalue weighted by Crippen LogP contribution is -1.99. The SMILES string of the molecule is CCCc1cc2c(-c3ccccc3)cc(=O)oc2cc1O. The molecule has 3 heteroatoms. The summed E-state index contributed by atoms with van der Waals surface area (Å²) in [4.78, 5) is 11.8. The van der Waals surface area contributed by atoms with Crippen molar-refractivity contribution in [2.45, 2.75) is 19.8 Å². The second kappa shape index (κ2) is 5.44. The molecule has 0 aliphatic heterocycles. The third-order valence-electron chi connectivity index (χ3n) is 3.55. The standard InChI is InChI=1S/C18H16O3/c1-2-6-13-9-15-14(12-7-4-3-5-8-12)10-18(20)21-17(15)11-16(13)19/h3-5,7-11,19H,2,6H2,1H3. The van der Waals surface area contributed by atoms with Gasteiger partial charge >= 0.3 is 5.63 Å². The summed E-state index contributed by atoms with van der Waals surface area (Å²) in [6, 6.07) is 14.7. The molecule has 106 valence electrons. The van der Waals surface area contributed by atoms with Crippen LogP contribution in [-0.2, 0) is 6.42 Å². The van der Waals surface area contributed by atoms with Gasteiger partial charge in [0.05, 0.1) is 0 Å². The molecule has 0 unspecified atom stereocenters. The topological polar surface area (TPSA) is 50.4 Å². The maximum atomic E-state index is 11.8. The fourth-order valence-electron chi connectivity index (χ4n) is 2.57. The van der Waals surface area contributed by atoms with E-state index in [1.165, 1.54) is 12.1 Å². The molecule has 1 heterocycles. The quantitative estimate of drug-likeness (QED) is 0.734. The lowest BCUT2D eigenvalue weighted by Gasteiger charge is -2.09. The molecule has 0 saturated carbocycles. The van der Waals surface area contributed by atoms with Crippen molar-refractivity contribution in [2.24, 2.45) is 0 Å². The van der Waals surface area contributed by atoms with Crippen molar-refractivity contribution < 1.29 is 9.52 Å². The first-order chi connectivity index (χ1) is 10.2. The Bertz CT molecular complexity index is 832. The van der Waals surface area contributed by atoms with E-state index in [-0.39, 0.29) is 5.75 Å². The van der Waals surface area contributed by atoms with E-state index in [4.69, 9.17) is 4.42 Å². The summed E-state index contributed by atoms with van der Waals surface area (Å²) in [5.41, 5.74) is 2.67. The molecule has 0 atom stereocenters. The Labute approximate surface area is 122 Å². The van der Waals surface area contributed by atoms with Crippen LogP contribution in [0.15, 0.2) is 57.7 Å². The van der Waals surface area contributed by atoms with Gasteiger partial charge in [0.25, 0.3) is 0 Å². The second-order valence-corrected chi connectivity index (χ2v) is 5.07. The molecule has 3 rings (SSSR count). The average Bonchev–Trinajstić information content (AvgIpc) is 2.49. The van der Waals surface area contributed by atoms with E-state index in [1.54, 1.807) is 0 Å². The van der Waals surface area contributed by atoms with E-state index in [1.807, 2.05) is 36.4 Å². The molecule has 0 aliphatic rings. The molecular weight excluding hydrogens is 264 g/mol. The van der Waals surface area contributed by atoms with Crippen LogP contribution < -0.4 is 5.63 Å². The highest BCUT2D eigenvalue weighted by Crippen LogP contribution is 2.32. The lowest BCUT2D eigenvalue weighted by atomic mass is 9.99. The van der Waals surface area contributed by atoms with E-state index in [2.05, 4.69) is 6.92 Å². The Morgan fingerprint density at radius 2 is 1.86 bits per heavy atom. The smallest absolute Gasteiger partial charge is 0.336 e. The van der Waals surface area contributed by atoms with Crippen molar-refractivity contribution in [1.82, 2.24) is 0 Å². The summed E-state index contributed by atoms with van der Waals surface area (Å²) < 4.78 is 5.22. The van der Waals surface area contributed by atoms with E-state index >= 15 is 0 Å². The number of fused-ring (bicyclic) bond motifs is 1.